The van der Waals surface area contributed by atoms with Gasteiger partial charge in [0.25, 0.3) is 0 Å². The van der Waals surface area contributed by atoms with Crippen LogP contribution in [0, 0.1) is 5.41 Å². The molecule has 0 radical (unpaired) electrons. The highest BCUT2D eigenvalue weighted by molar-refractivity contribution is 7.99. The third-order valence-corrected chi connectivity index (χ3v) is 4.17. The molecule has 0 aliphatic rings. The molecule has 5 heteroatoms. The van der Waals surface area contributed by atoms with Gasteiger partial charge in [0.2, 0.25) is 5.91 Å². The van der Waals surface area contributed by atoms with Crippen LogP contribution in [0.4, 0.5) is 0 Å². The Morgan fingerprint density at radius 2 is 2.04 bits per heavy atom. The number of aromatic nitrogens is 2. The molecular weight excluding hydrogens is 306 g/mol. The number of hydrogen-bond acceptors (Lipinski definition) is 4. The number of nitrogens with one attached hydrogen (secondary N) is 1. The molecule has 2 rings (SSSR count). The molecule has 0 aliphatic carbocycles. The second-order valence-electron chi connectivity index (χ2n) is 6.63. The number of hydrogen-bond donors (Lipinski definition) is 1. The Kier molecular flexibility index (Phi) is 6.16. The summed E-state index contributed by atoms with van der Waals surface area (Å²) >= 11 is 1.44. The van der Waals surface area contributed by atoms with E-state index >= 15 is 0 Å². The average molecular weight is 329 g/mol. The van der Waals surface area contributed by atoms with Gasteiger partial charge in [0.05, 0.1) is 16.8 Å². The summed E-state index contributed by atoms with van der Waals surface area (Å²) in [6.07, 6.45) is 6.16. The number of nitrogens with zero attached hydrogens (tertiary/aromatic N) is 2. The zero-order chi connectivity index (χ0) is 16.7. The van der Waals surface area contributed by atoms with E-state index in [2.05, 4.69) is 36.1 Å². The number of pyridine rings is 2. The molecule has 0 bridgehead atoms. The van der Waals surface area contributed by atoms with Crippen LogP contribution < -0.4 is 5.32 Å². The first kappa shape index (κ1) is 17.5. The fraction of sp³-hybridized carbons (Fsp3) is 0.389. The summed E-state index contributed by atoms with van der Waals surface area (Å²) in [5.41, 5.74) is 1.15. The third kappa shape index (κ3) is 6.40. The molecule has 23 heavy (non-hydrogen) atoms. The van der Waals surface area contributed by atoms with Crippen LogP contribution in [0.3, 0.4) is 0 Å². The molecule has 2 aromatic heterocycles. The fourth-order valence-corrected chi connectivity index (χ4v) is 2.93. The van der Waals surface area contributed by atoms with Crippen molar-refractivity contribution in [3.05, 3.63) is 54.5 Å². The molecule has 2 heterocycles. The Morgan fingerprint density at radius 3 is 2.65 bits per heavy atom. The SMILES string of the molecule is CC(C)(C)C[C@H](NC(=O)CSc1ccccn1)c1cccnc1. The molecule has 0 aliphatic heterocycles. The minimum absolute atomic E-state index is 0.0127. The molecule has 2 aromatic rings. The van der Waals surface area contributed by atoms with Crippen molar-refractivity contribution in [2.45, 2.75) is 38.3 Å². The molecular formula is C18H23N3OS. The maximum absolute atomic E-state index is 12.3. The highest BCUT2D eigenvalue weighted by Crippen LogP contribution is 2.29. The number of carbonyl (C=O) groups is 1. The van der Waals surface area contributed by atoms with E-state index in [0.29, 0.717) is 5.75 Å². The Labute approximate surface area is 142 Å². The van der Waals surface area contributed by atoms with Crippen LogP contribution in [-0.2, 0) is 4.79 Å². The highest BCUT2D eigenvalue weighted by Gasteiger charge is 2.22. The first-order valence-corrected chi connectivity index (χ1v) is 8.66. The molecule has 1 amide bonds. The van der Waals surface area contributed by atoms with Crippen LogP contribution >= 0.6 is 11.8 Å². The maximum atomic E-state index is 12.3. The van der Waals surface area contributed by atoms with Crippen molar-refractivity contribution < 1.29 is 4.79 Å². The standard InChI is InChI=1S/C18H23N3OS/c1-18(2,3)11-15(14-7-6-9-19-12-14)21-16(22)13-23-17-8-4-5-10-20-17/h4-10,12,15H,11,13H2,1-3H3,(H,21,22)/t15-/m0/s1. The first-order chi connectivity index (χ1) is 10.9. The Hall–Kier alpha value is -1.88. The second kappa shape index (κ2) is 8.11. The fourth-order valence-electron chi connectivity index (χ4n) is 2.25. The molecule has 122 valence electrons. The van der Waals surface area contributed by atoms with Gasteiger partial charge >= 0.3 is 0 Å². The molecule has 1 atom stereocenters. The molecule has 1 N–H and O–H groups in total. The second-order valence-corrected chi connectivity index (χ2v) is 7.62. The summed E-state index contributed by atoms with van der Waals surface area (Å²) in [4.78, 5) is 20.7. The van der Waals surface area contributed by atoms with Crippen LogP contribution in [0.2, 0.25) is 0 Å². The minimum Gasteiger partial charge on any atom is -0.348 e. The van der Waals surface area contributed by atoms with Crippen molar-refractivity contribution in [3.63, 3.8) is 0 Å². The predicted molar refractivity (Wildman–Crippen MR) is 94.2 cm³/mol. The summed E-state index contributed by atoms with van der Waals surface area (Å²) in [5, 5.41) is 3.99. The monoisotopic (exact) mass is 329 g/mol. The smallest absolute Gasteiger partial charge is 0.230 e. The molecule has 0 unspecified atom stereocenters. The van der Waals surface area contributed by atoms with Crippen LogP contribution in [0.25, 0.3) is 0 Å². The lowest BCUT2D eigenvalue weighted by atomic mass is 9.86. The number of rotatable bonds is 6. The Morgan fingerprint density at radius 1 is 1.22 bits per heavy atom. The van der Waals surface area contributed by atoms with Gasteiger partial charge in [-0.2, -0.15) is 0 Å². The van der Waals surface area contributed by atoms with Gasteiger partial charge in [-0.15, -0.1) is 0 Å². The van der Waals surface area contributed by atoms with E-state index in [-0.39, 0.29) is 17.4 Å². The predicted octanol–water partition coefficient (Wildman–Crippen LogP) is 3.86. The molecule has 0 fully saturated rings. The van der Waals surface area contributed by atoms with E-state index in [1.807, 2.05) is 36.5 Å². The number of carbonyl (C=O) groups excluding carboxylic acids is 1. The van der Waals surface area contributed by atoms with E-state index in [1.165, 1.54) is 11.8 Å². The zero-order valence-corrected chi connectivity index (χ0v) is 14.6. The minimum atomic E-state index is -0.0273. The highest BCUT2D eigenvalue weighted by atomic mass is 32.2. The summed E-state index contributed by atoms with van der Waals surface area (Å²) in [6.45, 7) is 6.52. The van der Waals surface area contributed by atoms with E-state index in [4.69, 9.17) is 0 Å². The van der Waals surface area contributed by atoms with E-state index in [9.17, 15) is 4.79 Å². The molecule has 4 nitrogen and oxygen atoms in total. The summed E-state index contributed by atoms with van der Waals surface area (Å²) in [5.74, 6) is 0.372. The van der Waals surface area contributed by atoms with E-state index in [1.54, 1.807) is 12.4 Å². The van der Waals surface area contributed by atoms with Crippen LogP contribution in [0.15, 0.2) is 53.9 Å². The molecule has 0 spiro atoms. The van der Waals surface area contributed by atoms with Gasteiger partial charge in [0.1, 0.15) is 0 Å². The normalized spacial score (nSPS) is 12.7. The van der Waals surface area contributed by atoms with Gasteiger partial charge in [-0.25, -0.2) is 4.98 Å². The quantitative estimate of drug-likeness (QED) is 0.818. The summed E-state index contributed by atoms with van der Waals surface area (Å²) in [6, 6.07) is 9.58. The van der Waals surface area contributed by atoms with Gasteiger partial charge in [0.15, 0.2) is 0 Å². The largest absolute Gasteiger partial charge is 0.348 e. The summed E-state index contributed by atoms with van der Waals surface area (Å²) in [7, 11) is 0. The maximum Gasteiger partial charge on any atom is 0.230 e. The average Bonchev–Trinajstić information content (AvgIpc) is 2.53. The lowest BCUT2D eigenvalue weighted by Crippen LogP contribution is -2.32. The van der Waals surface area contributed by atoms with Gasteiger partial charge in [-0.05, 0) is 35.6 Å². The number of thioether (sulfide) groups is 1. The van der Waals surface area contributed by atoms with Crippen LogP contribution in [0.5, 0.6) is 0 Å². The van der Waals surface area contributed by atoms with Gasteiger partial charge < -0.3 is 5.32 Å². The topological polar surface area (TPSA) is 54.9 Å². The first-order valence-electron chi connectivity index (χ1n) is 7.67. The number of amides is 1. The lowest BCUT2D eigenvalue weighted by molar-refractivity contribution is -0.119. The zero-order valence-electron chi connectivity index (χ0n) is 13.8. The van der Waals surface area contributed by atoms with Crippen molar-refractivity contribution in [1.82, 2.24) is 15.3 Å². The molecule has 0 saturated heterocycles. The van der Waals surface area contributed by atoms with Crippen molar-refractivity contribution in [2.75, 3.05) is 5.75 Å². The van der Waals surface area contributed by atoms with Crippen molar-refractivity contribution in [3.8, 4) is 0 Å². The van der Waals surface area contributed by atoms with Crippen LogP contribution in [0.1, 0.15) is 38.8 Å². The Balaban J connectivity index is 1.98. The van der Waals surface area contributed by atoms with Crippen molar-refractivity contribution >= 4 is 17.7 Å². The van der Waals surface area contributed by atoms with E-state index < -0.39 is 0 Å². The third-order valence-electron chi connectivity index (χ3n) is 3.23. The van der Waals surface area contributed by atoms with Gasteiger partial charge in [-0.3, -0.25) is 9.78 Å². The van der Waals surface area contributed by atoms with E-state index in [0.717, 1.165) is 17.0 Å². The molecule has 0 saturated carbocycles. The molecule has 0 aromatic carbocycles. The summed E-state index contributed by atoms with van der Waals surface area (Å²) < 4.78 is 0. The van der Waals surface area contributed by atoms with Crippen LogP contribution in [-0.4, -0.2) is 21.6 Å². The van der Waals surface area contributed by atoms with Gasteiger partial charge in [-0.1, -0.05) is 44.7 Å². The lowest BCUT2D eigenvalue weighted by Gasteiger charge is -2.27. The van der Waals surface area contributed by atoms with Crippen molar-refractivity contribution in [1.29, 1.82) is 0 Å². The van der Waals surface area contributed by atoms with Gasteiger partial charge in [0, 0.05) is 18.6 Å². The van der Waals surface area contributed by atoms with Crippen molar-refractivity contribution in [2.24, 2.45) is 5.41 Å². The Bertz CT molecular complexity index is 611.